The molecule has 0 spiro atoms. The van der Waals surface area contributed by atoms with Crippen molar-refractivity contribution >= 4 is 11.9 Å². The molecule has 0 aliphatic carbocycles. The van der Waals surface area contributed by atoms with Gasteiger partial charge in [-0.2, -0.15) is 0 Å². The molecule has 4 nitrogen and oxygen atoms in total. The molecule has 1 aromatic rings. The van der Waals surface area contributed by atoms with Crippen molar-refractivity contribution in [1.82, 2.24) is 0 Å². The molecule has 0 bridgehead atoms. The molecule has 0 saturated carbocycles. The van der Waals surface area contributed by atoms with Crippen LogP contribution in [0, 0.1) is 12.8 Å². The van der Waals surface area contributed by atoms with Crippen molar-refractivity contribution in [2.75, 3.05) is 6.79 Å². The summed E-state index contributed by atoms with van der Waals surface area (Å²) in [5, 5.41) is 0. The van der Waals surface area contributed by atoms with Gasteiger partial charge in [-0.25, -0.2) is 0 Å². The molecule has 98 valence electrons. The van der Waals surface area contributed by atoms with E-state index in [1.807, 2.05) is 31.2 Å². The van der Waals surface area contributed by atoms with Crippen LogP contribution in [0.15, 0.2) is 24.3 Å². The van der Waals surface area contributed by atoms with Gasteiger partial charge in [0.15, 0.2) is 0 Å². The van der Waals surface area contributed by atoms with Gasteiger partial charge in [-0.05, 0) is 12.5 Å². The van der Waals surface area contributed by atoms with Crippen LogP contribution in [0.1, 0.15) is 25.0 Å². The van der Waals surface area contributed by atoms with Gasteiger partial charge in [-0.3, -0.25) is 9.59 Å². The van der Waals surface area contributed by atoms with E-state index in [2.05, 4.69) is 0 Å². The molecule has 4 heteroatoms. The highest BCUT2D eigenvalue weighted by Crippen LogP contribution is 2.05. The number of carbonyl (C=O) groups excluding carboxylic acids is 2. The zero-order valence-electron chi connectivity index (χ0n) is 10.9. The van der Waals surface area contributed by atoms with Crippen LogP contribution in [0.4, 0.5) is 0 Å². The molecular formula is C14H18O4. The average Bonchev–Trinajstić information content (AvgIpc) is 2.32. The van der Waals surface area contributed by atoms with E-state index in [4.69, 9.17) is 9.47 Å². The average molecular weight is 250 g/mol. The number of hydrogen-bond acceptors (Lipinski definition) is 4. The third kappa shape index (κ3) is 4.99. The summed E-state index contributed by atoms with van der Waals surface area (Å²) in [7, 11) is 0. The molecular weight excluding hydrogens is 232 g/mol. The van der Waals surface area contributed by atoms with Crippen molar-refractivity contribution in [2.24, 2.45) is 5.92 Å². The number of benzene rings is 1. The van der Waals surface area contributed by atoms with Crippen molar-refractivity contribution in [3.63, 3.8) is 0 Å². The Kier molecular flexibility index (Phi) is 5.36. The van der Waals surface area contributed by atoms with E-state index in [-0.39, 0.29) is 25.1 Å². The standard InChI is InChI=1S/C14H18O4/c1-10(2)14(16)18-9-17-13(15)8-12-6-4-11(3)5-7-12/h4-7,10H,8-9H2,1-3H3. The molecule has 0 atom stereocenters. The van der Waals surface area contributed by atoms with Gasteiger partial charge in [0.05, 0.1) is 12.3 Å². The van der Waals surface area contributed by atoms with E-state index in [1.54, 1.807) is 13.8 Å². The molecule has 0 aliphatic heterocycles. The molecule has 18 heavy (non-hydrogen) atoms. The molecule has 0 aliphatic rings. The Labute approximate surface area is 107 Å². The van der Waals surface area contributed by atoms with Gasteiger partial charge in [0.25, 0.3) is 0 Å². The van der Waals surface area contributed by atoms with Crippen LogP contribution in [0.5, 0.6) is 0 Å². The third-order valence-electron chi connectivity index (χ3n) is 2.36. The third-order valence-corrected chi connectivity index (χ3v) is 2.36. The summed E-state index contributed by atoms with van der Waals surface area (Å²) < 4.78 is 9.56. The Morgan fingerprint density at radius 2 is 1.72 bits per heavy atom. The van der Waals surface area contributed by atoms with E-state index in [9.17, 15) is 9.59 Å². The molecule has 0 unspecified atom stereocenters. The summed E-state index contributed by atoms with van der Waals surface area (Å²) in [6.07, 6.45) is 0.180. The van der Waals surface area contributed by atoms with Crippen LogP contribution >= 0.6 is 0 Å². The lowest BCUT2D eigenvalue weighted by atomic mass is 10.1. The van der Waals surface area contributed by atoms with Crippen molar-refractivity contribution in [2.45, 2.75) is 27.2 Å². The Morgan fingerprint density at radius 3 is 2.28 bits per heavy atom. The molecule has 0 amide bonds. The lowest BCUT2D eigenvalue weighted by molar-refractivity contribution is -0.168. The van der Waals surface area contributed by atoms with E-state index in [0.717, 1.165) is 11.1 Å². The first-order chi connectivity index (χ1) is 8.49. The van der Waals surface area contributed by atoms with Crippen LogP contribution in [-0.4, -0.2) is 18.7 Å². The van der Waals surface area contributed by atoms with E-state index in [1.165, 1.54) is 0 Å². The first kappa shape index (κ1) is 14.2. The van der Waals surface area contributed by atoms with Gasteiger partial charge < -0.3 is 9.47 Å². The Balaban J connectivity index is 2.30. The fourth-order valence-corrected chi connectivity index (χ4v) is 1.24. The Bertz CT molecular complexity index is 406. The molecule has 0 radical (unpaired) electrons. The first-order valence-corrected chi connectivity index (χ1v) is 5.87. The predicted octanol–water partition coefficient (Wildman–Crippen LogP) is 2.24. The highest BCUT2D eigenvalue weighted by Gasteiger charge is 2.10. The second-order valence-corrected chi connectivity index (χ2v) is 4.41. The molecule has 0 saturated heterocycles. The fraction of sp³-hybridized carbons (Fsp3) is 0.429. The van der Waals surface area contributed by atoms with Gasteiger partial charge in [0, 0.05) is 0 Å². The minimum absolute atomic E-state index is 0.180. The normalized spacial score (nSPS) is 10.2. The van der Waals surface area contributed by atoms with Crippen LogP contribution in [0.2, 0.25) is 0 Å². The van der Waals surface area contributed by atoms with Gasteiger partial charge in [-0.1, -0.05) is 43.7 Å². The first-order valence-electron chi connectivity index (χ1n) is 5.87. The quantitative estimate of drug-likeness (QED) is 0.594. The number of carbonyl (C=O) groups is 2. The van der Waals surface area contributed by atoms with Crippen LogP contribution in [-0.2, 0) is 25.5 Å². The summed E-state index contributed by atoms with van der Waals surface area (Å²) in [5.41, 5.74) is 2.01. The zero-order chi connectivity index (χ0) is 13.5. The largest absolute Gasteiger partial charge is 0.428 e. The van der Waals surface area contributed by atoms with Crippen LogP contribution in [0.3, 0.4) is 0 Å². The van der Waals surface area contributed by atoms with Crippen LogP contribution in [0.25, 0.3) is 0 Å². The van der Waals surface area contributed by atoms with E-state index < -0.39 is 5.97 Å². The topological polar surface area (TPSA) is 52.6 Å². The SMILES string of the molecule is Cc1ccc(CC(=O)OCOC(=O)C(C)C)cc1. The summed E-state index contributed by atoms with van der Waals surface area (Å²) in [6.45, 7) is 5.10. The second-order valence-electron chi connectivity index (χ2n) is 4.41. The zero-order valence-corrected chi connectivity index (χ0v) is 10.9. The van der Waals surface area contributed by atoms with Crippen molar-refractivity contribution in [3.8, 4) is 0 Å². The highest BCUT2D eigenvalue weighted by atomic mass is 16.7. The van der Waals surface area contributed by atoms with Crippen LogP contribution < -0.4 is 0 Å². The second kappa shape index (κ2) is 6.79. The summed E-state index contributed by atoms with van der Waals surface area (Å²) in [6, 6.07) is 7.61. The summed E-state index contributed by atoms with van der Waals surface area (Å²) >= 11 is 0. The van der Waals surface area contributed by atoms with Gasteiger partial charge in [0.2, 0.25) is 6.79 Å². The molecule has 0 N–H and O–H groups in total. The Hall–Kier alpha value is -1.84. The maximum absolute atomic E-state index is 11.4. The number of aryl methyl sites for hydroxylation is 1. The summed E-state index contributed by atoms with van der Waals surface area (Å²) in [4.78, 5) is 22.5. The number of rotatable bonds is 5. The molecule has 1 aromatic carbocycles. The number of hydrogen-bond donors (Lipinski definition) is 0. The fourth-order valence-electron chi connectivity index (χ4n) is 1.24. The molecule has 0 heterocycles. The monoisotopic (exact) mass is 250 g/mol. The molecule has 1 rings (SSSR count). The maximum Gasteiger partial charge on any atom is 0.313 e. The summed E-state index contributed by atoms with van der Waals surface area (Å²) in [5.74, 6) is -1.01. The lowest BCUT2D eigenvalue weighted by Gasteiger charge is -2.08. The Morgan fingerprint density at radius 1 is 1.11 bits per heavy atom. The van der Waals surface area contributed by atoms with Crippen molar-refractivity contribution in [1.29, 1.82) is 0 Å². The highest BCUT2D eigenvalue weighted by molar-refractivity contribution is 5.73. The van der Waals surface area contributed by atoms with Crippen molar-refractivity contribution in [3.05, 3.63) is 35.4 Å². The van der Waals surface area contributed by atoms with Crippen molar-refractivity contribution < 1.29 is 19.1 Å². The maximum atomic E-state index is 11.4. The number of ether oxygens (including phenoxy) is 2. The van der Waals surface area contributed by atoms with Gasteiger partial charge in [-0.15, -0.1) is 0 Å². The minimum atomic E-state index is -0.407. The van der Waals surface area contributed by atoms with E-state index >= 15 is 0 Å². The molecule has 0 aromatic heterocycles. The predicted molar refractivity (Wildman–Crippen MR) is 66.8 cm³/mol. The number of esters is 2. The van der Waals surface area contributed by atoms with Gasteiger partial charge in [0.1, 0.15) is 0 Å². The minimum Gasteiger partial charge on any atom is -0.428 e. The molecule has 0 fully saturated rings. The van der Waals surface area contributed by atoms with Gasteiger partial charge >= 0.3 is 11.9 Å². The lowest BCUT2D eigenvalue weighted by Crippen LogP contribution is -2.17. The van der Waals surface area contributed by atoms with E-state index in [0.29, 0.717) is 0 Å². The smallest absolute Gasteiger partial charge is 0.313 e.